The van der Waals surface area contributed by atoms with Crippen LogP contribution in [-0.4, -0.2) is 35.2 Å². The molecule has 0 unspecified atom stereocenters. The first kappa shape index (κ1) is 13.3. The summed E-state index contributed by atoms with van der Waals surface area (Å²) in [6.07, 6.45) is 0. The minimum Gasteiger partial charge on any atom is -0.478 e. The molecule has 6 heteroatoms. The molecule has 0 saturated carbocycles. The lowest BCUT2D eigenvalue weighted by Crippen LogP contribution is -2.03. The van der Waals surface area contributed by atoms with Crippen LogP contribution in [0.1, 0.15) is 26.3 Å². The van der Waals surface area contributed by atoms with Gasteiger partial charge in [0.25, 0.3) is 0 Å². The van der Waals surface area contributed by atoms with Crippen LogP contribution < -0.4 is 0 Å². The maximum Gasteiger partial charge on any atom is 0.384 e. The summed E-state index contributed by atoms with van der Waals surface area (Å²) in [7, 11) is 1.15. The lowest BCUT2D eigenvalue weighted by atomic mass is 10.1. The van der Waals surface area contributed by atoms with E-state index in [4.69, 9.17) is 10.2 Å². The molecule has 0 heterocycles. The van der Waals surface area contributed by atoms with Crippen molar-refractivity contribution in [3.63, 3.8) is 0 Å². The Morgan fingerprint density at radius 3 is 1.94 bits per heavy atom. The Bertz CT molecular complexity index is 544. The molecule has 0 bridgehead atoms. The summed E-state index contributed by atoms with van der Waals surface area (Å²) in [6, 6.07) is 3.35. The largest absolute Gasteiger partial charge is 0.478 e. The molecule has 1 aromatic rings. The Labute approximate surface area is 102 Å². The summed E-state index contributed by atoms with van der Waals surface area (Å²) < 4.78 is 4.28. The number of methoxy groups -OCH3 is 1. The fourth-order valence-electron chi connectivity index (χ4n) is 1.12. The van der Waals surface area contributed by atoms with Crippen LogP contribution in [0.15, 0.2) is 18.2 Å². The van der Waals surface area contributed by atoms with Crippen LogP contribution in [0.4, 0.5) is 0 Å². The molecule has 18 heavy (non-hydrogen) atoms. The molecule has 0 radical (unpaired) electrons. The fraction of sp³-hybridized carbons (Fsp3) is 0.0833. The number of aromatic carboxylic acids is 2. The van der Waals surface area contributed by atoms with E-state index in [-0.39, 0.29) is 16.7 Å². The molecule has 0 spiro atoms. The smallest absolute Gasteiger partial charge is 0.384 e. The minimum absolute atomic E-state index is 0.109. The second kappa shape index (κ2) is 5.50. The highest BCUT2D eigenvalue weighted by Crippen LogP contribution is 2.10. The van der Waals surface area contributed by atoms with Gasteiger partial charge in [0.15, 0.2) is 0 Å². The Hall–Kier alpha value is -2.81. The Morgan fingerprint density at radius 2 is 1.56 bits per heavy atom. The van der Waals surface area contributed by atoms with E-state index in [9.17, 15) is 14.4 Å². The predicted molar refractivity (Wildman–Crippen MR) is 59.3 cm³/mol. The standard InChI is InChI=1S/C12H8O6/c1-18-10(13)3-2-7-4-8(11(14)15)6-9(5-7)12(16)17/h4-6H,1H3,(H,14,15)(H,16,17). The molecule has 6 nitrogen and oxygen atoms in total. The molecule has 0 fully saturated rings. The Balaban J connectivity index is 3.26. The van der Waals surface area contributed by atoms with Crippen LogP contribution in [0.5, 0.6) is 0 Å². The SMILES string of the molecule is COC(=O)C#Cc1cc(C(=O)O)cc(C(=O)O)c1. The average Bonchev–Trinajstić information content (AvgIpc) is 2.35. The summed E-state index contributed by atoms with van der Waals surface area (Å²) in [5.74, 6) is 1.06. The molecular formula is C12H8O6. The second-order valence-corrected chi connectivity index (χ2v) is 3.15. The van der Waals surface area contributed by atoms with Crippen LogP contribution in [0.3, 0.4) is 0 Å². The van der Waals surface area contributed by atoms with Crippen molar-refractivity contribution in [3.05, 3.63) is 34.9 Å². The molecule has 0 aliphatic carbocycles. The molecule has 2 N–H and O–H groups in total. The maximum atomic E-state index is 10.8. The summed E-state index contributed by atoms with van der Waals surface area (Å²) in [6.45, 7) is 0. The van der Waals surface area contributed by atoms with E-state index in [1.165, 1.54) is 12.1 Å². The van der Waals surface area contributed by atoms with E-state index >= 15 is 0 Å². The van der Waals surface area contributed by atoms with Gasteiger partial charge in [0.05, 0.1) is 18.2 Å². The van der Waals surface area contributed by atoms with Crippen molar-refractivity contribution in [3.8, 4) is 11.8 Å². The van der Waals surface area contributed by atoms with Crippen molar-refractivity contribution < 1.29 is 29.3 Å². The number of benzene rings is 1. The molecule has 0 aliphatic rings. The molecule has 1 rings (SSSR count). The van der Waals surface area contributed by atoms with Gasteiger partial charge in [-0.3, -0.25) is 0 Å². The summed E-state index contributed by atoms with van der Waals surface area (Å²) in [5, 5.41) is 17.6. The second-order valence-electron chi connectivity index (χ2n) is 3.15. The third kappa shape index (κ3) is 3.35. The molecule has 0 amide bonds. The van der Waals surface area contributed by atoms with Crippen molar-refractivity contribution >= 4 is 17.9 Å². The van der Waals surface area contributed by atoms with E-state index in [1.807, 2.05) is 0 Å². The van der Waals surface area contributed by atoms with Crippen LogP contribution in [0, 0.1) is 11.8 Å². The summed E-state index contributed by atoms with van der Waals surface area (Å²) >= 11 is 0. The van der Waals surface area contributed by atoms with Gasteiger partial charge in [-0.25, -0.2) is 14.4 Å². The predicted octanol–water partition coefficient (Wildman–Crippen LogP) is 0.608. The number of carboxylic acid groups (broad SMARTS) is 2. The third-order valence-electron chi connectivity index (χ3n) is 1.92. The van der Waals surface area contributed by atoms with Crippen LogP contribution in [-0.2, 0) is 9.53 Å². The Kier molecular flexibility index (Phi) is 4.05. The highest BCUT2D eigenvalue weighted by molar-refractivity contribution is 5.95. The number of carbonyl (C=O) groups excluding carboxylic acids is 1. The number of rotatable bonds is 2. The van der Waals surface area contributed by atoms with Crippen molar-refractivity contribution in [2.45, 2.75) is 0 Å². The highest BCUT2D eigenvalue weighted by atomic mass is 16.5. The van der Waals surface area contributed by atoms with Crippen molar-refractivity contribution in [2.75, 3.05) is 7.11 Å². The van der Waals surface area contributed by atoms with Crippen molar-refractivity contribution in [1.29, 1.82) is 0 Å². The highest BCUT2D eigenvalue weighted by Gasteiger charge is 2.10. The number of hydrogen-bond donors (Lipinski definition) is 2. The molecular weight excluding hydrogens is 240 g/mol. The maximum absolute atomic E-state index is 10.8. The molecule has 0 saturated heterocycles. The molecule has 0 aliphatic heterocycles. The van der Waals surface area contributed by atoms with Gasteiger partial charge in [-0.15, -0.1) is 0 Å². The van der Waals surface area contributed by atoms with Gasteiger partial charge in [0, 0.05) is 11.5 Å². The number of esters is 1. The molecule has 0 atom stereocenters. The number of hydrogen-bond acceptors (Lipinski definition) is 4. The van der Waals surface area contributed by atoms with Crippen LogP contribution >= 0.6 is 0 Å². The first-order valence-electron chi connectivity index (χ1n) is 4.65. The van der Waals surface area contributed by atoms with E-state index in [0.717, 1.165) is 13.2 Å². The topological polar surface area (TPSA) is 101 Å². The first-order valence-corrected chi connectivity index (χ1v) is 4.65. The van der Waals surface area contributed by atoms with Gasteiger partial charge in [-0.2, -0.15) is 0 Å². The van der Waals surface area contributed by atoms with Gasteiger partial charge >= 0.3 is 17.9 Å². The van der Waals surface area contributed by atoms with E-state index in [2.05, 4.69) is 16.6 Å². The Morgan fingerprint density at radius 1 is 1.06 bits per heavy atom. The zero-order valence-corrected chi connectivity index (χ0v) is 9.26. The first-order chi connectivity index (χ1) is 8.43. The van der Waals surface area contributed by atoms with Crippen molar-refractivity contribution in [1.82, 2.24) is 0 Å². The fourth-order valence-corrected chi connectivity index (χ4v) is 1.12. The minimum atomic E-state index is -1.28. The number of carboxylic acids is 2. The van der Waals surface area contributed by atoms with Gasteiger partial charge in [-0.1, -0.05) is 5.92 Å². The summed E-state index contributed by atoms with van der Waals surface area (Å²) in [5.41, 5.74) is -0.328. The normalized spacial score (nSPS) is 8.94. The zero-order chi connectivity index (χ0) is 13.7. The number of ether oxygens (including phenoxy) is 1. The molecule has 0 aromatic heterocycles. The third-order valence-corrected chi connectivity index (χ3v) is 1.92. The van der Waals surface area contributed by atoms with E-state index in [1.54, 1.807) is 0 Å². The van der Waals surface area contributed by atoms with Gasteiger partial charge in [0.1, 0.15) is 0 Å². The van der Waals surface area contributed by atoms with Crippen molar-refractivity contribution in [2.24, 2.45) is 0 Å². The monoisotopic (exact) mass is 248 g/mol. The van der Waals surface area contributed by atoms with Gasteiger partial charge in [-0.05, 0) is 18.2 Å². The number of carbonyl (C=O) groups is 3. The lowest BCUT2D eigenvalue weighted by molar-refractivity contribution is -0.133. The van der Waals surface area contributed by atoms with Gasteiger partial charge in [0.2, 0.25) is 0 Å². The van der Waals surface area contributed by atoms with Gasteiger partial charge < -0.3 is 14.9 Å². The van der Waals surface area contributed by atoms with Crippen LogP contribution in [0.25, 0.3) is 0 Å². The molecule has 1 aromatic carbocycles. The zero-order valence-electron chi connectivity index (χ0n) is 9.26. The average molecular weight is 248 g/mol. The van der Waals surface area contributed by atoms with E-state index in [0.29, 0.717) is 0 Å². The molecule has 92 valence electrons. The van der Waals surface area contributed by atoms with E-state index < -0.39 is 17.9 Å². The summed E-state index contributed by atoms with van der Waals surface area (Å²) in [4.78, 5) is 32.4. The van der Waals surface area contributed by atoms with Crippen LogP contribution in [0.2, 0.25) is 0 Å². The lowest BCUT2D eigenvalue weighted by Gasteiger charge is -1.99. The quantitative estimate of drug-likeness (QED) is 0.587.